The second kappa shape index (κ2) is 14.8. The van der Waals surface area contributed by atoms with Crippen LogP contribution in [0.5, 0.6) is 0 Å². The van der Waals surface area contributed by atoms with Crippen molar-refractivity contribution in [1.82, 2.24) is 0 Å². The highest BCUT2D eigenvalue weighted by Gasteiger charge is 2.12. The molecule has 0 radical (unpaired) electrons. The molecule has 0 spiro atoms. The van der Waals surface area contributed by atoms with Crippen LogP contribution in [0.25, 0.3) is 0 Å². The summed E-state index contributed by atoms with van der Waals surface area (Å²) in [5.41, 5.74) is 0. The number of carboxylic acid groups (broad SMARTS) is 1. The number of hydrogen-bond acceptors (Lipinski definition) is 3. The van der Waals surface area contributed by atoms with Crippen LogP contribution >= 0.6 is 0 Å². The summed E-state index contributed by atoms with van der Waals surface area (Å²) in [6.45, 7) is 2.17. The van der Waals surface area contributed by atoms with Crippen molar-refractivity contribution in [3.8, 4) is 0 Å². The molecule has 0 aliphatic carbocycles. The lowest BCUT2D eigenvalue weighted by molar-refractivity contribution is -0.137. The van der Waals surface area contributed by atoms with E-state index in [1.807, 2.05) is 18.2 Å². The van der Waals surface area contributed by atoms with Gasteiger partial charge in [-0.1, -0.05) is 44.1 Å². The Hall–Kier alpha value is -1.13. The van der Waals surface area contributed by atoms with E-state index in [0.717, 1.165) is 19.3 Å². The Kier molecular flexibility index (Phi) is 14.0. The molecule has 0 saturated carbocycles. The average Bonchev–Trinajstić information content (AvgIpc) is 2.49. The molecule has 0 saturated heterocycles. The van der Waals surface area contributed by atoms with Crippen molar-refractivity contribution in [1.29, 1.82) is 0 Å². The molecule has 2 unspecified atom stereocenters. The van der Waals surface area contributed by atoms with Crippen LogP contribution in [0, 0.1) is 0 Å². The molecule has 0 heterocycles. The molecule has 0 bridgehead atoms. The third-order valence-electron chi connectivity index (χ3n) is 3.52. The number of carboxylic acids is 1. The van der Waals surface area contributed by atoms with Gasteiger partial charge in [-0.25, -0.2) is 0 Å². The summed E-state index contributed by atoms with van der Waals surface area (Å²) in [5, 5.41) is 28.1. The first-order chi connectivity index (χ1) is 10.6. The quantitative estimate of drug-likeness (QED) is 0.336. The molecular formula is C18H32O4. The van der Waals surface area contributed by atoms with E-state index in [9.17, 15) is 15.0 Å². The van der Waals surface area contributed by atoms with Crippen molar-refractivity contribution >= 4 is 5.97 Å². The average molecular weight is 312 g/mol. The maximum absolute atomic E-state index is 10.3. The Bertz CT molecular complexity index is 323. The van der Waals surface area contributed by atoms with Gasteiger partial charge in [0.05, 0.1) is 12.2 Å². The Labute approximate surface area is 134 Å². The number of aliphatic hydroxyl groups excluding tert-OH is 2. The number of allylic oxidation sites excluding steroid dienone is 2. The summed E-state index contributed by atoms with van der Waals surface area (Å²) in [5.74, 6) is -0.759. The fraction of sp³-hybridized carbons (Fsp3) is 0.722. The van der Waals surface area contributed by atoms with Gasteiger partial charge in [0.2, 0.25) is 0 Å². The lowest BCUT2D eigenvalue weighted by Gasteiger charge is -2.14. The van der Waals surface area contributed by atoms with Crippen molar-refractivity contribution in [2.75, 3.05) is 0 Å². The maximum atomic E-state index is 10.3. The van der Waals surface area contributed by atoms with Gasteiger partial charge in [0.25, 0.3) is 0 Å². The van der Waals surface area contributed by atoms with Crippen LogP contribution < -0.4 is 0 Å². The number of aliphatic carboxylic acids is 1. The highest BCUT2D eigenvalue weighted by Crippen LogP contribution is 2.08. The number of carbonyl (C=O) groups is 1. The van der Waals surface area contributed by atoms with Gasteiger partial charge < -0.3 is 15.3 Å². The van der Waals surface area contributed by atoms with Gasteiger partial charge in [-0.3, -0.25) is 4.79 Å². The van der Waals surface area contributed by atoms with Gasteiger partial charge in [0, 0.05) is 6.42 Å². The van der Waals surface area contributed by atoms with Crippen molar-refractivity contribution in [3.05, 3.63) is 24.3 Å². The standard InChI is InChI=1S/C18H32O4/c1-2-3-4-5-7-10-13-16(19)17(20)14-11-8-6-9-12-15-18(21)22/h7-8,10-11,16-17,19-20H,2-6,9,12-15H2,1H3,(H,21,22)/b10-7-,11-8-. The fourth-order valence-corrected chi connectivity index (χ4v) is 2.07. The first kappa shape index (κ1) is 20.9. The van der Waals surface area contributed by atoms with E-state index >= 15 is 0 Å². The van der Waals surface area contributed by atoms with Crippen LogP contribution in [-0.4, -0.2) is 33.5 Å². The van der Waals surface area contributed by atoms with Crippen molar-refractivity contribution in [3.63, 3.8) is 0 Å². The minimum atomic E-state index is -0.759. The smallest absolute Gasteiger partial charge is 0.303 e. The summed E-state index contributed by atoms with van der Waals surface area (Å²) in [6, 6.07) is 0. The third kappa shape index (κ3) is 13.8. The molecule has 22 heavy (non-hydrogen) atoms. The lowest BCUT2D eigenvalue weighted by atomic mass is 10.1. The SMILES string of the molecule is CCCCC/C=C\CC(O)C(O)C/C=C\CCCCC(=O)O. The predicted octanol–water partition coefficient (Wildman–Crippen LogP) is 3.83. The Morgan fingerprint density at radius 3 is 1.82 bits per heavy atom. The number of aliphatic hydroxyl groups is 2. The van der Waals surface area contributed by atoms with Gasteiger partial charge in [0.15, 0.2) is 0 Å². The number of unbranched alkanes of at least 4 members (excludes halogenated alkanes) is 5. The van der Waals surface area contributed by atoms with Crippen LogP contribution in [0.4, 0.5) is 0 Å². The van der Waals surface area contributed by atoms with Crippen LogP contribution in [-0.2, 0) is 4.79 Å². The molecule has 0 rings (SSSR count). The zero-order chi connectivity index (χ0) is 16.6. The summed E-state index contributed by atoms with van der Waals surface area (Å²) in [4.78, 5) is 10.3. The van der Waals surface area contributed by atoms with Crippen molar-refractivity contribution in [2.24, 2.45) is 0 Å². The topological polar surface area (TPSA) is 77.8 Å². The Morgan fingerprint density at radius 1 is 0.864 bits per heavy atom. The highest BCUT2D eigenvalue weighted by molar-refractivity contribution is 5.66. The summed E-state index contributed by atoms with van der Waals surface area (Å²) in [6.07, 6.45) is 14.5. The van der Waals surface area contributed by atoms with E-state index in [1.165, 1.54) is 19.3 Å². The highest BCUT2D eigenvalue weighted by atomic mass is 16.4. The molecule has 0 aliphatic heterocycles. The minimum Gasteiger partial charge on any atom is -0.481 e. The molecule has 2 atom stereocenters. The Balaban J connectivity index is 3.63. The monoisotopic (exact) mass is 312 g/mol. The maximum Gasteiger partial charge on any atom is 0.303 e. The van der Waals surface area contributed by atoms with Crippen molar-refractivity contribution in [2.45, 2.75) is 83.3 Å². The molecular weight excluding hydrogens is 280 g/mol. The van der Waals surface area contributed by atoms with E-state index < -0.39 is 18.2 Å². The Morgan fingerprint density at radius 2 is 1.36 bits per heavy atom. The van der Waals surface area contributed by atoms with Crippen LogP contribution in [0.3, 0.4) is 0 Å². The van der Waals surface area contributed by atoms with E-state index in [4.69, 9.17) is 5.11 Å². The fourth-order valence-electron chi connectivity index (χ4n) is 2.07. The summed E-state index contributed by atoms with van der Waals surface area (Å²) >= 11 is 0. The van der Waals surface area contributed by atoms with Gasteiger partial charge in [-0.15, -0.1) is 0 Å². The molecule has 0 amide bonds. The second-order valence-corrected chi connectivity index (χ2v) is 5.68. The van der Waals surface area contributed by atoms with Crippen LogP contribution in [0.1, 0.15) is 71.1 Å². The second-order valence-electron chi connectivity index (χ2n) is 5.68. The largest absolute Gasteiger partial charge is 0.481 e. The summed E-state index contributed by atoms with van der Waals surface area (Å²) in [7, 11) is 0. The molecule has 0 aromatic heterocycles. The molecule has 0 aromatic carbocycles. The van der Waals surface area contributed by atoms with Gasteiger partial charge in [-0.05, 0) is 44.9 Å². The normalized spacial score (nSPS) is 14.7. The van der Waals surface area contributed by atoms with E-state index in [0.29, 0.717) is 19.3 Å². The van der Waals surface area contributed by atoms with E-state index in [1.54, 1.807) is 0 Å². The van der Waals surface area contributed by atoms with E-state index in [2.05, 4.69) is 13.0 Å². The number of hydrogen-bond donors (Lipinski definition) is 3. The molecule has 0 aliphatic rings. The molecule has 4 heteroatoms. The molecule has 0 aromatic rings. The van der Waals surface area contributed by atoms with Gasteiger partial charge >= 0.3 is 5.97 Å². The minimum absolute atomic E-state index is 0.208. The zero-order valence-electron chi connectivity index (χ0n) is 13.8. The molecule has 0 fully saturated rings. The van der Waals surface area contributed by atoms with Crippen LogP contribution in [0.2, 0.25) is 0 Å². The number of rotatable bonds is 14. The molecule has 128 valence electrons. The zero-order valence-corrected chi connectivity index (χ0v) is 13.8. The first-order valence-corrected chi connectivity index (χ1v) is 8.45. The van der Waals surface area contributed by atoms with Gasteiger partial charge in [0.1, 0.15) is 0 Å². The summed E-state index contributed by atoms with van der Waals surface area (Å²) < 4.78 is 0. The molecule has 3 N–H and O–H groups in total. The first-order valence-electron chi connectivity index (χ1n) is 8.45. The van der Waals surface area contributed by atoms with Crippen LogP contribution in [0.15, 0.2) is 24.3 Å². The predicted molar refractivity (Wildman–Crippen MR) is 89.8 cm³/mol. The third-order valence-corrected chi connectivity index (χ3v) is 3.52. The van der Waals surface area contributed by atoms with E-state index in [-0.39, 0.29) is 6.42 Å². The lowest BCUT2D eigenvalue weighted by Crippen LogP contribution is -2.24. The van der Waals surface area contributed by atoms with Gasteiger partial charge in [-0.2, -0.15) is 0 Å². The molecule has 4 nitrogen and oxygen atoms in total. The van der Waals surface area contributed by atoms with Crippen molar-refractivity contribution < 1.29 is 20.1 Å².